The van der Waals surface area contributed by atoms with Crippen LogP contribution >= 0.6 is 11.6 Å². The van der Waals surface area contributed by atoms with Crippen molar-refractivity contribution in [1.29, 1.82) is 0 Å². The molecule has 0 aliphatic rings. The van der Waals surface area contributed by atoms with Crippen molar-refractivity contribution in [3.05, 3.63) is 18.0 Å². The number of hydrogen-bond acceptors (Lipinski definition) is 2. The van der Waals surface area contributed by atoms with Crippen LogP contribution in [0, 0.1) is 0 Å². The fourth-order valence-corrected chi connectivity index (χ4v) is 1.27. The molecule has 14 heavy (non-hydrogen) atoms. The van der Waals surface area contributed by atoms with Crippen molar-refractivity contribution in [1.82, 2.24) is 15.1 Å². The monoisotopic (exact) mass is 215 g/mol. The van der Waals surface area contributed by atoms with E-state index >= 15 is 0 Å². The number of likely N-dealkylation sites (N-methyl/N-ethyl adjacent to an activating group) is 1. The minimum absolute atomic E-state index is 0.213. The fraction of sp³-hybridized carbons (Fsp3) is 0.556. The van der Waals surface area contributed by atoms with E-state index in [0.717, 1.165) is 5.56 Å². The zero-order valence-corrected chi connectivity index (χ0v) is 9.25. The maximum atomic E-state index is 11.2. The topological polar surface area (TPSA) is 46.9 Å². The SMILES string of the molecule is CNC(=O)C(Cl)c1cnn(C(C)C)c1. The van der Waals surface area contributed by atoms with Gasteiger partial charge in [-0.25, -0.2) is 0 Å². The molecule has 0 bridgehead atoms. The van der Waals surface area contributed by atoms with Crippen LogP contribution in [0.15, 0.2) is 12.4 Å². The van der Waals surface area contributed by atoms with E-state index in [1.165, 1.54) is 0 Å². The van der Waals surface area contributed by atoms with Crippen LogP contribution < -0.4 is 5.32 Å². The summed E-state index contributed by atoms with van der Waals surface area (Å²) in [6, 6.07) is 0.275. The predicted octanol–water partition coefficient (Wildman–Crippen LogP) is 1.49. The van der Waals surface area contributed by atoms with E-state index in [9.17, 15) is 4.79 Å². The fourth-order valence-electron chi connectivity index (χ4n) is 1.04. The van der Waals surface area contributed by atoms with E-state index in [4.69, 9.17) is 11.6 Å². The third kappa shape index (κ3) is 2.26. The van der Waals surface area contributed by atoms with Gasteiger partial charge in [0.1, 0.15) is 5.38 Å². The summed E-state index contributed by atoms with van der Waals surface area (Å²) in [6.45, 7) is 4.03. The van der Waals surface area contributed by atoms with Gasteiger partial charge in [-0.2, -0.15) is 5.10 Å². The largest absolute Gasteiger partial charge is 0.358 e. The van der Waals surface area contributed by atoms with Crippen LogP contribution in [0.3, 0.4) is 0 Å². The molecule has 0 aliphatic carbocycles. The first-order chi connectivity index (χ1) is 6.56. The molecular formula is C9H14ClN3O. The zero-order chi connectivity index (χ0) is 10.7. The van der Waals surface area contributed by atoms with Gasteiger partial charge in [0.2, 0.25) is 5.91 Å². The number of aromatic nitrogens is 2. The van der Waals surface area contributed by atoms with Crippen LogP contribution in [-0.4, -0.2) is 22.7 Å². The Balaban J connectivity index is 2.81. The lowest BCUT2D eigenvalue weighted by atomic mass is 10.2. The van der Waals surface area contributed by atoms with Crippen LogP contribution in [0.1, 0.15) is 30.8 Å². The third-order valence-electron chi connectivity index (χ3n) is 1.92. The summed E-state index contributed by atoms with van der Waals surface area (Å²) in [5.41, 5.74) is 0.722. The maximum Gasteiger partial charge on any atom is 0.242 e. The molecule has 1 amide bonds. The second kappa shape index (κ2) is 4.46. The van der Waals surface area contributed by atoms with Crippen LogP contribution in [0.2, 0.25) is 0 Å². The quantitative estimate of drug-likeness (QED) is 0.777. The lowest BCUT2D eigenvalue weighted by Gasteiger charge is -2.05. The Morgan fingerprint density at radius 2 is 2.29 bits per heavy atom. The molecule has 1 aromatic rings. The van der Waals surface area contributed by atoms with Gasteiger partial charge in [-0.05, 0) is 13.8 Å². The van der Waals surface area contributed by atoms with Crippen molar-refractivity contribution in [3.8, 4) is 0 Å². The highest BCUT2D eigenvalue weighted by atomic mass is 35.5. The molecule has 1 rings (SSSR count). The van der Waals surface area contributed by atoms with Gasteiger partial charge in [-0.3, -0.25) is 9.48 Å². The zero-order valence-electron chi connectivity index (χ0n) is 8.49. The van der Waals surface area contributed by atoms with Gasteiger partial charge < -0.3 is 5.32 Å². The van der Waals surface area contributed by atoms with Crippen molar-refractivity contribution in [2.24, 2.45) is 0 Å². The predicted molar refractivity (Wildman–Crippen MR) is 55.3 cm³/mol. The Morgan fingerprint density at radius 3 is 2.71 bits per heavy atom. The molecule has 1 atom stereocenters. The molecule has 0 saturated carbocycles. The van der Waals surface area contributed by atoms with Crippen molar-refractivity contribution in [2.45, 2.75) is 25.3 Å². The number of halogens is 1. The summed E-state index contributed by atoms with van der Waals surface area (Å²) in [5.74, 6) is -0.213. The summed E-state index contributed by atoms with van der Waals surface area (Å²) >= 11 is 5.91. The van der Waals surface area contributed by atoms with Gasteiger partial charge in [0, 0.05) is 24.8 Å². The van der Waals surface area contributed by atoms with Crippen molar-refractivity contribution in [3.63, 3.8) is 0 Å². The summed E-state index contributed by atoms with van der Waals surface area (Å²) in [6.07, 6.45) is 3.41. The van der Waals surface area contributed by atoms with Crippen LogP contribution in [0.5, 0.6) is 0 Å². The lowest BCUT2D eigenvalue weighted by molar-refractivity contribution is -0.120. The number of nitrogens with zero attached hydrogens (tertiary/aromatic N) is 2. The Hall–Kier alpha value is -1.03. The minimum atomic E-state index is -0.660. The lowest BCUT2D eigenvalue weighted by Crippen LogP contribution is -2.22. The summed E-state index contributed by atoms with van der Waals surface area (Å²) in [5, 5.41) is 5.94. The first-order valence-electron chi connectivity index (χ1n) is 4.46. The van der Waals surface area contributed by atoms with Crippen molar-refractivity contribution >= 4 is 17.5 Å². The summed E-state index contributed by atoms with van der Waals surface area (Å²) < 4.78 is 1.77. The van der Waals surface area contributed by atoms with Crippen molar-refractivity contribution < 1.29 is 4.79 Å². The Bertz CT molecular complexity index is 322. The van der Waals surface area contributed by atoms with Gasteiger partial charge in [0.25, 0.3) is 0 Å². The van der Waals surface area contributed by atoms with Crippen LogP contribution in [0.25, 0.3) is 0 Å². The smallest absolute Gasteiger partial charge is 0.242 e. The Kier molecular flexibility index (Phi) is 3.52. The Labute approximate surface area is 88.2 Å². The molecule has 1 unspecified atom stereocenters. The van der Waals surface area contributed by atoms with Crippen molar-refractivity contribution in [2.75, 3.05) is 7.05 Å². The number of alkyl halides is 1. The normalized spacial score (nSPS) is 12.9. The third-order valence-corrected chi connectivity index (χ3v) is 2.37. The van der Waals surface area contributed by atoms with E-state index in [2.05, 4.69) is 10.4 Å². The molecule has 1 aromatic heterocycles. The summed E-state index contributed by atoms with van der Waals surface area (Å²) in [7, 11) is 1.56. The second-order valence-electron chi connectivity index (χ2n) is 3.32. The number of rotatable bonds is 3. The molecule has 0 fully saturated rings. The van der Waals surface area contributed by atoms with Gasteiger partial charge in [-0.15, -0.1) is 11.6 Å². The highest BCUT2D eigenvalue weighted by Gasteiger charge is 2.18. The minimum Gasteiger partial charge on any atom is -0.358 e. The molecule has 0 aromatic carbocycles. The number of amides is 1. The van der Waals surface area contributed by atoms with E-state index in [-0.39, 0.29) is 11.9 Å². The molecule has 0 aliphatic heterocycles. The number of carbonyl (C=O) groups is 1. The van der Waals surface area contributed by atoms with Gasteiger partial charge in [0.05, 0.1) is 6.20 Å². The van der Waals surface area contributed by atoms with Gasteiger partial charge in [-0.1, -0.05) is 0 Å². The number of carbonyl (C=O) groups excluding carboxylic acids is 1. The van der Waals surface area contributed by atoms with E-state index in [1.54, 1.807) is 24.1 Å². The molecule has 4 nitrogen and oxygen atoms in total. The Morgan fingerprint density at radius 1 is 1.64 bits per heavy atom. The molecule has 0 spiro atoms. The molecule has 1 N–H and O–H groups in total. The van der Waals surface area contributed by atoms with Gasteiger partial charge >= 0.3 is 0 Å². The van der Waals surface area contributed by atoms with Gasteiger partial charge in [0.15, 0.2) is 0 Å². The highest BCUT2D eigenvalue weighted by molar-refractivity contribution is 6.30. The first-order valence-corrected chi connectivity index (χ1v) is 4.89. The average molecular weight is 216 g/mol. The highest BCUT2D eigenvalue weighted by Crippen LogP contribution is 2.20. The standard InChI is InChI=1S/C9H14ClN3O/c1-6(2)13-5-7(4-12-13)8(10)9(14)11-3/h4-6,8H,1-3H3,(H,11,14). The first kappa shape index (κ1) is 11.0. The maximum absolute atomic E-state index is 11.2. The molecular weight excluding hydrogens is 202 g/mol. The molecule has 1 heterocycles. The molecule has 0 radical (unpaired) electrons. The number of nitrogens with one attached hydrogen (secondary N) is 1. The summed E-state index contributed by atoms with van der Waals surface area (Å²) in [4.78, 5) is 11.2. The average Bonchev–Trinajstić information content (AvgIpc) is 2.64. The second-order valence-corrected chi connectivity index (χ2v) is 3.76. The van der Waals surface area contributed by atoms with E-state index < -0.39 is 5.38 Å². The molecule has 78 valence electrons. The van der Waals surface area contributed by atoms with E-state index in [1.807, 2.05) is 13.8 Å². The molecule has 0 saturated heterocycles. The number of hydrogen-bond donors (Lipinski definition) is 1. The van der Waals surface area contributed by atoms with Crippen LogP contribution in [0.4, 0.5) is 0 Å². The molecule has 5 heteroatoms. The van der Waals surface area contributed by atoms with E-state index in [0.29, 0.717) is 0 Å². The van der Waals surface area contributed by atoms with Crippen LogP contribution in [-0.2, 0) is 4.79 Å².